The largest absolute Gasteiger partial charge is 0.486 e. The first-order chi connectivity index (χ1) is 15.2. The van der Waals surface area contributed by atoms with Crippen LogP contribution in [0.25, 0.3) is 5.69 Å². The SMILES string of the molecule is Fc1cc(Nc2ncc3c(n2)N2CCCC2CO3)ccc1-n1cnc(CC2CCC2)c1. The zero-order valence-corrected chi connectivity index (χ0v) is 17.3. The lowest BCUT2D eigenvalue weighted by Gasteiger charge is -2.32. The van der Waals surface area contributed by atoms with Crippen molar-refractivity contribution in [1.82, 2.24) is 19.5 Å². The molecule has 0 spiro atoms. The molecule has 1 atom stereocenters. The van der Waals surface area contributed by atoms with E-state index in [2.05, 4.69) is 25.2 Å². The van der Waals surface area contributed by atoms with Crippen molar-refractivity contribution in [3.8, 4) is 11.4 Å². The summed E-state index contributed by atoms with van der Waals surface area (Å²) in [5, 5.41) is 3.13. The van der Waals surface area contributed by atoms with Gasteiger partial charge in [0.25, 0.3) is 0 Å². The molecule has 1 unspecified atom stereocenters. The van der Waals surface area contributed by atoms with E-state index in [4.69, 9.17) is 4.74 Å². The van der Waals surface area contributed by atoms with Crippen molar-refractivity contribution in [2.24, 2.45) is 5.92 Å². The van der Waals surface area contributed by atoms with Crippen LogP contribution in [-0.2, 0) is 6.42 Å². The summed E-state index contributed by atoms with van der Waals surface area (Å²) in [7, 11) is 0. The number of benzene rings is 1. The first-order valence-electron chi connectivity index (χ1n) is 11.1. The fourth-order valence-corrected chi connectivity index (χ4v) is 4.72. The maximum atomic E-state index is 14.9. The summed E-state index contributed by atoms with van der Waals surface area (Å²) in [5.41, 5.74) is 2.11. The van der Waals surface area contributed by atoms with E-state index in [1.807, 2.05) is 12.3 Å². The Balaban J connectivity index is 1.20. The lowest BCUT2D eigenvalue weighted by atomic mass is 9.82. The van der Waals surface area contributed by atoms with Gasteiger partial charge in [-0.15, -0.1) is 0 Å². The number of halogens is 1. The Labute approximate surface area is 180 Å². The monoisotopic (exact) mass is 420 g/mol. The van der Waals surface area contributed by atoms with E-state index in [1.54, 1.807) is 23.2 Å². The van der Waals surface area contributed by atoms with Crippen molar-refractivity contribution in [3.63, 3.8) is 0 Å². The molecule has 8 heteroatoms. The van der Waals surface area contributed by atoms with Gasteiger partial charge in [-0.25, -0.2) is 14.4 Å². The lowest BCUT2D eigenvalue weighted by molar-refractivity contribution is 0.268. The van der Waals surface area contributed by atoms with Crippen LogP contribution in [0.5, 0.6) is 5.75 Å². The summed E-state index contributed by atoms with van der Waals surface area (Å²) in [6.45, 7) is 1.67. The molecular weight excluding hydrogens is 395 g/mol. The molecule has 1 N–H and O–H groups in total. The maximum absolute atomic E-state index is 14.9. The molecule has 1 aliphatic carbocycles. The minimum absolute atomic E-state index is 0.321. The van der Waals surface area contributed by atoms with Crippen LogP contribution < -0.4 is 15.0 Å². The van der Waals surface area contributed by atoms with Gasteiger partial charge in [0.1, 0.15) is 12.4 Å². The number of aromatic nitrogens is 4. The number of rotatable bonds is 5. The smallest absolute Gasteiger partial charge is 0.229 e. The van der Waals surface area contributed by atoms with E-state index in [0.717, 1.165) is 43.2 Å². The number of hydrogen-bond acceptors (Lipinski definition) is 6. The molecule has 3 aromatic rings. The Kier molecular flexibility index (Phi) is 4.51. The van der Waals surface area contributed by atoms with Crippen LogP contribution in [0.2, 0.25) is 0 Å². The Bertz CT molecular complexity index is 1110. The predicted molar refractivity (Wildman–Crippen MR) is 116 cm³/mol. The molecule has 31 heavy (non-hydrogen) atoms. The zero-order valence-electron chi connectivity index (χ0n) is 17.3. The second-order valence-electron chi connectivity index (χ2n) is 8.75. The van der Waals surface area contributed by atoms with Crippen LogP contribution in [0, 0.1) is 11.7 Å². The van der Waals surface area contributed by atoms with E-state index in [9.17, 15) is 4.39 Å². The van der Waals surface area contributed by atoms with Gasteiger partial charge in [0.15, 0.2) is 11.6 Å². The van der Waals surface area contributed by atoms with Crippen molar-refractivity contribution < 1.29 is 9.13 Å². The quantitative estimate of drug-likeness (QED) is 0.666. The topological polar surface area (TPSA) is 68.1 Å². The Morgan fingerprint density at radius 2 is 2.10 bits per heavy atom. The summed E-state index contributed by atoms with van der Waals surface area (Å²) in [6.07, 6.45) is 12.4. The van der Waals surface area contributed by atoms with E-state index in [-0.39, 0.29) is 5.82 Å². The van der Waals surface area contributed by atoms with Gasteiger partial charge in [-0.05, 0) is 43.4 Å². The second-order valence-corrected chi connectivity index (χ2v) is 8.75. The average molecular weight is 420 g/mol. The maximum Gasteiger partial charge on any atom is 0.229 e. The number of nitrogens with zero attached hydrogens (tertiary/aromatic N) is 5. The highest BCUT2D eigenvalue weighted by Crippen LogP contribution is 2.36. The second kappa shape index (κ2) is 7.51. The van der Waals surface area contributed by atoms with Crippen molar-refractivity contribution in [3.05, 3.63) is 48.4 Å². The first-order valence-corrected chi connectivity index (χ1v) is 11.1. The van der Waals surface area contributed by atoms with Crippen LogP contribution in [0.15, 0.2) is 36.9 Å². The van der Waals surface area contributed by atoms with Crippen molar-refractivity contribution in [2.75, 3.05) is 23.4 Å². The van der Waals surface area contributed by atoms with E-state index in [1.165, 1.54) is 25.3 Å². The summed E-state index contributed by atoms with van der Waals surface area (Å²) in [4.78, 5) is 15.7. The van der Waals surface area contributed by atoms with E-state index in [0.29, 0.717) is 35.7 Å². The van der Waals surface area contributed by atoms with Gasteiger partial charge in [0.05, 0.1) is 29.9 Å². The third kappa shape index (κ3) is 3.49. The zero-order chi connectivity index (χ0) is 20.8. The molecule has 0 radical (unpaired) electrons. The van der Waals surface area contributed by atoms with Crippen molar-refractivity contribution in [1.29, 1.82) is 0 Å². The molecule has 2 fully saturated rings. The lowest BCUT2D eigenvalue weighted by Crippen LogP contribution is -2.38. The van der Waals surface area contributed by atoms with Crippen molar-refractivity contribution in [2.45, 2.75) is 44.6 Å². The Morgan fingerprint density at radius 1 is 1.16 bits per heavy atom. The minimum atomic E-state index is -0.321. The van der Waals surface area contributed by atoms with Crippen LogP contribution >= 0.6 is 0 Å². The molecule has 4 heterocycles. The molecule has 2 aliphatic heterocycles. The van der Waals surface area contributed by atoms with Gasteiger partial charge in [-0.3, -0.25) is 0 Å². The van der Waals surface area contributed by atoms with Crippen molar-refractivity contribution >= 4 is 17.5 Å². The normalized spacial score (nSPS) is 20.0. The fourth-order valence-electron chi connectivity index (χ4n) is 4.72. The number of ether oxygens (including phenoxy) is 1. The number of anilines is 3. The minimum Gasteiger partial charge on any atom is -0.486 e. The standard InChI is InChI=1S/C23H25FN6O/c24-19-10-16(6-7-20(19)29-12-17(26-14-29)9-15-3-1-4-15)27-23-25-11-21-22(28-23)30-8-2-5-18(30)13-31-21/h6-7,10-12,14-15,18H,1-5,8-9,13H2,(H,25,27,28). The Morgan fingerprint density at radius 3 is 2.94 bits per heavy atom. The molecule has 7 nitrogen and oxygen atoms in total. The summed E-state index contributed by atoms with van der Waals surface area (Å²) in [6, 6.07) is 5.45. The molecule has 0 amide bonds. The number of nitrogens with one attached hydrogen (secondary N) is 1. The molecule has 2 aromatic heterocycles. The highest BCUT2D eigenvalue weighted by atomic mass is 19.1. The highest BCUT2D eigenvalue weighted by Gasteiger charge is 2.33. The molecule has 6 rings (SSSR count). The number of imidazole rings is 1. The van der Waals surface area contributed by atoms with Gasteiger partial charge >= 0.3 is 0 Å². The van der Waals surface area contributed by atoms with Gasteiger partial charge in [-0.2, -0.15) is 4.98 Å². The molecular formula is C23H25FN6O. The summed E-state index contributed by atoms with van der Waals surface area (Å²) in [5.74, 6) is 2.38. The van der Waals surface area contributed by atoms with Gasteiger partial charge < -0.3 is 19.5 Å². The molecule has 0 bridgehead atoms. The molecule has 3 aliphatic rings. The molecule has 1 aromatic carbocycles. The van der Waals surface area contributed by atoms with Crippen LogP contribution in [-0.4, -0.2) is 38.7 Å². The average Bonchev–Trinajstić information content (AvgIpc) is 3.40. The van der Waals surface area contributed by atoms with E-state index >= 15 is 0 Å². The number of fused-ring (bicyclic) bond motifs is 3. The Hall–Kier alpha value is -3.16. The summed E-state index contributed by atoms with van der Waals surface area (Å²) >= 11 is 0. The molecule has 160 valence electrons. The summed E-state index contributed by atoms with van der Waals surface area (Å²) < 4.78 is 22.4. The van der Waals surface area contributed by atoms with E-state index < -0.39 is 0 Å². The van der Waals surface area contributed by atoms with Crippen LogP contribution in [0.4, 0.5) is 21.8 Å². The van der Waals surface area contributed by atoms with Crippen LogP contribution in [0.1, 0.15) is 37.8 Å². The highest BCUT2D eigenvalue weighted by molar-refractivity contribution is 5.61. The first kappa shape index (κ1) is 18.6. The van der Waals surface area contributed by atoms with Gasteiger partial charge in [-0.1, -0.05) is 19.3 Å². The molecule has 1 saturated carbocycles. The fraction of sp³-hybridized carbons (Fsp3) is 0.435. The van der Waals surface area contributed by atoms with Gasteiger partial charge in [0.2, 0.25) is 5.95 Å². The predicted octanol–water partition coefficient (Wildman–Crippen LogP) is 4.25. The van der Waals surface area contributed by atoms with Gasteiger partial charge in [0, 0.05) is 18.4 Å². The molecule has 1 saturated heterocycles. The number of hydrogen-bond donors (Lipinski definition) is 1. The van der Waals surface area contributed by atoms with Crippen LogP contribution in [0.3, 0.4) is 0 Å². The third-order valence-corrected chi connectivity index (χ3v) is 6.66. The third-order valence-electron chi connectivity index (χ3n) is 6.66.